The number of alkyl halides is 3. The minimum Gasteiger partial charge on any atom is -0.291 e. The molecule has 22 heavy (non-hydrogen) atoms. The first-order valence-corrected chi connectivity index (χ1v) is 9.44. The highest BCUT2D eigenvalue weighted by atomic mass is 79.9. The summed E-state index contributed by atoms with van der Waals surface area (Å²) in [6.07, 6.45) is 0. The lowest BCUT2D eigenvalue weighted by Crippen LogP contribution is -2.54. The highest BCUT2D eigenvalue weighted by molar-refractivity contribution is 9.27. The van der Waals surface area contributed by atoms with E-state index in [1.54, 1.807) is 38.1 Å². The van der Waals surface area contributed by atoms with E-state index < -0.39 is 7.56 Å². The molecular weight excluding hydrogens is 546 g/mol. The highest BCUT2D eigenvalue weighted by Crippen LogP contribution is 2.52. The number of hydrogen-bond acceptors (Lipinski definition) is 2. The normalized spacial score (nSPS) is 26.5. The minimum absolute atomic E-state index is 0.171. The quantitative estimate of drug-likeness (QED) is 0.449. The molecule has 1 aromatic rings. The van der Waals surface area contributed by atoms with Crippen LogP contribution in [0.5, 0.6) is 0 Å². The maximum atomic E-state index is 12.4. The number of hydrogen-bond donors (Lipinski definition) is 0. The molecule has 0 heterocycles. The van der Waals surface area contributed by atoms with Crippen LogP contribution in [0, 0.1) is 0 Å². The fraction of sp³-hybridized carbons (Fsp3) is 0.267. The van der Waals surface area contributed by atoms with Crippen LogP contribution in [0.25, 0.3) is 0 Å². The summed E-state index contributed by atoms with van der Waals surface area (Å²) in [6, 6.07) is 8.80. The average Bonchev–Trinajstić information content (AvgIpc) is 2.49. The standard InChI is InChI=1S/C15H11Br4NO2/c1-8-10(16)12(21)15(18,19)14(2,17)11(8)20-13(22)9-6-4-3-5-7-9/h3-7H,1-2H3. The third kappa shape index (κ3) is 2.97. The number of allylic oxidation sites excluding steroid dienone is 2. The van der Waals surface area contributed by atoms with Crippen molar-refractivity contribution >= 4 is 81.1 Å². The van der Waals surface area contributed by atoms with Gasteiger partial charge in [0.15, 0.2) is 9.02 Å². The first-order valence-electron chi connectivity index (χ1n) is 6.27. The number of nitrogens with zero attached hydrogens (tertiary/aromatic N) is 1. The van der Waals surface area contributed by atoms with Gasteiger partial charge in [0.2, 0.25) is 0 Å². The van der Waals surface area contributed by atoms with Crippen LogP contribution >= 0.6 is 63.7 Å². The zero-order chi connectivity index (χ0) is 16.7. The smallest absolute Gasteiger partial charge is 0.277 e. The molecule has 1 aromatic carbocycles. The molecule has 1 aliphatic rings. The first kappa shape index (κ1) is 18.2. The molecule has 1 unspecified atom stereocenters. The van der Waals surface area contributed by atoms with E-state index in [-0.39, 0.29) is 11.7 Å². The Bertz CT molecular complexity index is 706. The molecule has 0 spiro atoms. The van der Waals surface area contributed by atoms with E-state index in [1.165, 1.54) is 0 Å². The number of ketones is 1. The van der Waals surface area contributed by atoms with Crippen LogP contribution < -0.4 is 0 Å². The van der Waals surface area contributed by atoms with Crippen LogP contribution in [0.1, 0.15) is 24.2 Å². The van der Waals surface area contributed by atoms with Crippen LogP contribution in [-0.2, 0) is 4.79 Å². The Morgan fingerprint density at radius 1 is 1.14 bits per heavy atom. The number of rotatable bonds is 1. The summed E-state index contributed by atoms with van der Waals surface area (Å²) in [5, 5.41) is 0. The number of aliphatic imine (C=N–C) groups is 1. The van der Waals surface area contributed by atoms with E-state index in [4.69, 9.17) is 0 Å². The summed E-state index contributed by atoms with van der Waals surface area (Å²) in [5.74, 6) is -0.526. The largest absolute Gasteiger partial charge is 0.291 e. The Morgan fingerprint density at radius 2 is 1.68 bits per heavy atom. The second-order valence-corrected chi connectivity index (χ2v) is 10.8. The summed E-state index contributed by atoms with van der Waals surface area (Å²) < 4.78 is -1.60. The van der Waals surface area contributed by atoms with Gasteiger partial charge in [0.05, 0.1) is 14.5 Å². The molecule has 2 rings (SSSR count). The van der Waals surface area contributed by atoms with Crippen molar-refractivity contribution < 1.29 is 9.59 Å². The third-order valence-electron chi connectivity index (χ3n) is 3.44. The van der Waals surface area contributed by atoms with Crippen molar-refractivity contribution in [3.05, 3.63) is 46.0 Å². The highest BCUT2D eigenvalue weighted by Gasteiger charge is 2.56. The molecule has 0 aromatic heterocycles. The zero-order valence-electron chi connectivity index (χ0n) is 11.7. The van der Waals surface area contributed by atoms with E-state index in [2.05, 4.69) is 68.7 Å². The van der Waals surface area contributed by atoms with Gasteiger partial charge in [-0.15, -0.1) is 0 Å². The number of carbonyl (C=O) groups is 2. The molecule has 0 saturated carbocycles. The molecule has 0 aliphatic heterocycles. The molecule has 0 N–H and O–H groups in total. The lowest BCUT2D eigenvalue weighted by Gasteiger charge is -2.40. The van der Waals surface area contributed by atoms with Crippen LogP contribution in [0.4, 0.5) is 0 Å². The minimum atomic E-state index is -1.10. The Balaban J connectivity index is 2.60. The maximum Gasteiger partial charge on any atom is 0.277 e. The number of amides is 1. The predicted molar refractivity (Wildman–Crippen MR) is 103 cm³/mol. The molecule has 1 atom stereocenters. The lowest BCUT2D eigenvalue weighted by molar-refractivity contribution is -0.115. The molecule has 116 valence electrons. The number of halogens is 4. The van der Waals surface area contributed by atoms with Gasteiger partial charge in [-0.05, 0) is 47.5 Å². The molecular formula is C15H11Br4NO2. The molecule has 3 nitrogen and oxygen atoms in total. The number of benzene rings is 1. The van der Waals surface area contributed by atoms with Gasteiger partial charge in [0.1, 0.15) is 0 Å². The number of Topliss-reactive ketones (excluding diaryl/α,β-unsaturated/α-hetero) is 1. The van der Waals surface area contributed by atoms with Gasteiger partial charge in [-0.25, -0.2) is 4.99 Å². The zero-order valence-corrected chi connectivity index (χ0v) is 18.0. The van der Waals surface area contributed by atoms with E-state index >= 15 is 0 Å². The predicted octanol–water partition coefficient (Wildman–Crippen LogP) is 5.16. The van der Waals surface area contributed by atoms with Crippen molar-refractivity contribution in [3.8, 4) is 0 Å². The Kier molecular flexibility index (Phi) is 5.32. The summed E-state index contributed by atoms with van der Waals surface area (Å²) in [4.78, 5) is 29.0. The number of carbonyl (C=O) groups excluding carboxylic acids is 2. The van der Waals surface area contributed by atoms with Crippen LogP contribution in [0.2, 0.25) is 0 Å². The van der Waals surface area contributed by atoms with Gasteiger partial charge < -0.3 is 0 Å². The van der Waals surface area contributed by atoms with E-state index in [0.29, 0.717) is 21.3 Å². The molecule has 0 fully saturated rings. The topological polar surface area (TPSA) is 46.5 Å². The Hall–Kier alpha value is -0.110. The van der Waals surface area contributed by atoms with Crippen molar-refractivity contribution in [1.29, 1.82) is 0 Å². The van der Waals surface area contributed by atoms with Gasteiger partial charge in [-0.2, -0.15) is 0 Å². The Morgan fingerprint density at radius 3 is 2.23 bits per heavy atom. The van der Waals surface area contributed by atoms with E-state index in [9.17, 15) is 9.59 Å². The maximum absolute atomic E-state index is 12.4. The lowest BCUT2D eigenvalue weighted by atomic mass is 9.87. The van der Waals surface area contributed by atoms with Gasteiger partial charge in [-0.3, -0.25) is 9.59 Å². The van der Waals surface area contributed by atoms with Crippen molar-refractivity contribution in [1.82, 2.24) is 0 Å². The molecule has 7 heteroatoms. The van der Waals surface area contributed by atoms with E-state index in [1.807, 2.05) is 6.07 Å². The van der Waals surface area contributed by atoms with Crippen LogP contribution in [0.15, 0.2) is 45.4 Å². The fourth-order valence-electron chi connectivity index (χ4n) is 2.06. The first-order chi connectivity index (χ1) is 10.1. The van der Waals surface area contributed by atoms with Crippen molar-refractivity contribution in [2.45, 2.75) is 21.4 Å². The second-order valence-electron chi connectivity index (χ2n) is 4.98. The van der Waals surface area contributed by atoms with E-state index in [0.717, 1.165) is 0 Å². The molecule has 1 amide bonds. The summed E-state index contributed by atoms with van der Waals surface area (Å²) in [5.41, 5.74) is 1.61. The van der Waals surface area contributed by atoms with Crippen LogP contribution in [-0.4, -0.2) is 25.0 Å². The molecule has 0 bridgehead atoms. The van der Waals surface area contributed by atoms with Gasteiger partial charge >= 0.3 is 0 Å². The Labute approximate surface area is 162 Å². The van der Waals surface area contributed by atoms with Crippen molar-refractivity contribution in [3.63, 3.8) is 0 Å². The van der Waals surface area contributed by atoms with Crippen LogP contribution in [0.3, 0.4) is 0 Å². The molecule has 0 saturated heterocycles. The fourth-order valence-corrected chi connectivity index (χ4v) is 4.42. The van der Waals surface area contributed by atoms with Gasteiger partial charge in [-0.1, -0.05) is 66.0 Å². The summed E-state index contributed by atoms with van der Waals surface area (Å²) in [6.45, 7) is 3.54. The van der Waals surface area contributed by atoms with Crippen molar-refractivity contribution in [2.24, 2.45) is 4.99 Å². The summed E-state index contributed by atoms with van der Waals surface area (Å²) >= 11 is 13.6. The molecule has 1 aliphatic carbocycles. The monoisotopic (exact) mass is 553 g/mol. The molecule has 0 radical (unpaired) electrons. The third-order valence-corrected chi connectivity index (χ3v) is 8.73. The van der Waals surface area contributed by atoms with Gasteiger partial charge in [0.25, 0.3) is 5.91 Å². The van der Waals surface area contributed by atoms with Crippen molar-refractivity contribution in [2.75, 3.05) is 0 Å². The van der Waals surface area contributed by atoms with Gasteiger partial charge in [0, 0.05) is 5.56 Å². The average molecular weight is 557 g/mol. The second kappa shape index (κ2) is 6.42. The SMILES string of the molecule is CC1=C(Br)C(=O)C(Br)(Br)C(C)(Br)C1=NC(=O)c1ccccc1. The summed E-state index contributed by atoms with van der Waals surface area (Å²) in [7, 11) is 0.